The predicted molar refractivity (Wildman–Crippen MR) is 68.2 cm³/mol. The summed E-state index contributed by atoms with van der Waals surface area (Å²) < 4.78 is 5.55. The molecule has 2 N–H and O–H groups in total. The molecule has 2 unspecified atom stereocenters. The van der Waals surface area contributed by atoms with E-state index in [9.17, 15) is 0 Å². The van der Waals surface area contributed by atoms with Crippen LogP contribution >= 0.6 is 0 Å². The predicted octanol–water partition coefficient (Wildman–Crippen LogP) is 1.72. The average Bonchev–Trinajstić information content (AvgIpc) is 2.93. The number of benzene rings is 1. The van der Waals surface area contributed by atoms with Crippen LogP contribution in [0.1, 0.15) is 30.5 Å². The maximum atomic E-state index is 6.25. The minimum Gasteiger partial charge on any atom is -0.493 e. The maximum Gasteiger partial charge on any atom is 0.122 e. The summed E-state index contributed by atoms with van der Waals surface area (Å²) in [6.45, 7) is 5.23. The Hall–Kier alpha value is -1.06. The Bertz CT molecular complexity index is 419. The molecule has 2 heterocycles. The fourth-order valence-electron chi connectivity index (χ4n) is 3.09. The smallest absolute Gasteiger partial charge is 0.122 e. The van der Waals surface area contributed by atoms with Crippen LogP contribution in [0.25, 0.3) is 0 Å². The lowest BCUT2D eigenvalue weighted by Crippen LogP contribution is -2.31. The third kappa shape index (κ3) is 1.83. The zero-order valence-electron chi connectivity index (χ0n) is 10.4. The van der Waals surface area contributed by atoms with Crippen molar-refractivity contribution in [2.45, 2.75) is 31.8 Å². The highest BCUT2D eigenvalue weighted by Gasteiger charge is 2.32. The first-order valence-electron chi connectivity index (χ1n) is 6.55. The molecule has 2 aliphatic heterocycles. The van der Waals surface area contributed by atoms with Gasteiger partial charge in [-0.25, -0.2) is 0 Å². The molecule has 3 heteroatoms. The number of nitrogens with two attached hydrogens (primary N) is 1. The van der Waals surface area contributed by atoms with E-state index in [0.29, 0.717) is 6.04 Å². The zero-order chi connectivity index (χ0) is 11.8. The van der Waals surface area contributed by atoms with Gasteiger partial charge in [-0.2, -0.15) is 0 Å². The number of nitrogens with zero attached hydrogens (tertiary/aromatic N) is 1. The summed E-state index contributed by atoms with van der Waals surface area (Å²) in [5.41, 5.74) is 8.96. The van der Waals surface area contributed by atoms with Gasteiger partial charge in [0, 0.05) is 25.0 Å². The van der Waals surface area contributed by atoms with Crippen LogP contribution in [0, 0.1) is 0 Å². The summed E-state index contributed by atoms with van der Waals surface area (Å²) >= 11 is 0. The van der Waals surface area contributed by atoms with Crippen LogP contribution in [0.2, 0.25) is 0 Å². The molecule has 0 bridgehead atoms. The Morgan fingerprint density at radius 3 is 3.18 bits per heavy atom. The molecule has 0 saturated carbocycles. The first kappa shape index (κ1) is 11.1. The van der Waals surface area contributed by atoms with Crippen molar-refractivity contribution in [3.05, 3.63) is 29.3 Å². The highest BCUT2D eigenvalue weighted by Crippen LogP contribution is 2.34. The van der Waals surface area contributed by atoms with Gasteiger partial charge in [-0.05, 0) is 30.2 Å². The number of likely N-dealkylation sites (N-methyl/N-ethyl adjacent to an activating group) is 1. The number of rotatable bonds is 2. The number of hydrogen-bond donors (Lipinski definition) is 1. The van der Waals surface area contributed by atoms with Gasteiger partial charge in [0.15, 0.2) is 0 Å². The van der Waals surface area contributed by atoms with Crippen LogP contribution < -0.4 is 10.5 Å². The van der Waals surface area contributed by atoms with Crippen LogP contribution in [0.5, 0.6) is 5.75 Å². The minimum absolute atomic E-state index is 0.273. The topological polar surface area (TPSA) is 38.5 Å². The first-order valence-corrected chi connectivity index (χ1v) is 6.55. The van der Waals surface area contributed by atoms with Crippen molar-refractivity contribution in [2.75, 3.05) is 19.7 Å². The van der Waals surface area contributed by atoms with E-state index in [0.717, 1.165) is 38.3 Å². The molecule has 2 aliphatic rings. The van der Waals surface area contributed by atoms with Crippen molar-refractivity contribution in [3.8, 4) is 5.75 Å². The number of fused-ring (bicyclic) bond motifs is 1. The first-order chi connectivity index (χ1) is 8.29. The van der Waals surface area contributed by atoms with Crippen molar-refractivity contribution in [2.24, 2.45) is 5.73 Å². The second-order valence-electron chi connectivity index (χ2n) is 4.99. The van der Waals surface area contributed by atoms with Gasteiger partial charge in [-0.3, -0.25) is 4.90 Å². The summed E-state index contributed by atoms with van der Waals surface area (Å²) in [5, 5.41) is 0. The lowest BCUT2D eigenvalue weighted by atomic mass is 9.98. The summed E-state index contributed by atoms with van der Waals surface area (Å²) in [5.74, 6) is 1.06. The van der Waals surface area contributed by atoms with E-state index in [4.69, 9.17) is 10.5 Å². The molecule has 0 amide bonds. The van der Waals surface area contributed by atoms with Crippen molar-refractivity contribution in [1.82, 2.24) is 4.90 Å². The Labute approximate surface area is 103 Å². The third-order valence-corrected chi connectivity index (χ3v) is 4.01. The maximum absolute atomic E-state index is 6.25. The van der Waals surface area contributed by atoms with Crippen LogP contribution in [0.15, 0.2) is 18.2 Å². The van der Waals surface area contributed by atoms with Crippen molar-refractivity contribution in [3.63, 3.8) is 0 Å². The van der Waals surface area contributed by atoms with Gasteiger partial charge in [0.2, 0.25) is 0 Å². The molecule has 0 aliphatic carbocycles. The summed E-state index contributed by atoms with van der Waals surface area (Å²) in [7, 11) is 0. The van der Waals surface area contributed by atoms with Gasteiger partial charge in [-0.15, -0.1) is 0 Å². The van der Waals surface area contributed by atoms with Crippen LogP contribution in [0.3, 0.4) is 0 Å². The fourth-order valence-corrected chi connectivity index (χ4v) is 3.09. The molecule has 1 saturated heterocycles. The lowest BCUT2D eigenvalue weighted by Gasteiger charge is -2.26. The van der Waals surface area contributed by atoms with Crippen molar-refractivity contribution < 1.29 is 4.74 Å². The monoisotopic (exact) mass is 232 g/mol. The van der Waals surface area contributed by atoms with E-state index in [1.165, 1.54) is 11.1 Å². The Morgan fingerprint density at radius 2 is 2.35 bits per heavy atom. The molecule has 3 nitrogen and oxygen atoms in total. The highest BCUT2D eigenvalue weighted by atomic mass is 16.5. The molecule has 1 aromatic carbocycles. The standard InChI is InChI=1S/C14H20N2O/c1-2-16-7-5-12(15)14(16)11-3-4-13-10(9-11)6-8-17-13/h3-4,9,12,14H,2,5-8,15H2,1H3. The van der Waals surface area contributed by atoms with Gasteiger partial charge in [0.1, 0.15) is 5.75 Å². The van der Waals surface area contributed by atoms with Gasteiger partial charge < -0.3 is 10.5 Å². The van der Waals surface area contributed by atoms with E-state index in [2.05, 4.69) is 30.0 Å². The lowest BCUT2D eigenvalue weighted by molar-refractivity contribution is 0.261. The second kappa shape index (κ2) is 4.31. The fraction of sp³-hybridized carbons (Fsp3) is 0.571. The van der Waals surface area contributed by atoms with E-state index in [1.54, 1.807) is 0 Å². The molecule has 0 radical (unpaired) electrons. The Balaban J connectivity index is 1.92. The van der Waals surface area contributed by atoms with E-state index in [1.807, 2.05) is 0 Å². The molecule has 92 valence electrons. The number of hydrogen-bond acceptors (Lipinski definition) is 3. The number of likely N-dealkylation sites (tertiary alicyclic amines) is 1. The van der Waals surface area contributed by atoms with Crippen LogP contribution in [-0.2, 0) is 6.42 Å². The van der Waals surface area contributed by atoms with Crippen molar-refractivity contribution in [1.29, 1.82) is 0 Å². The second-order valence-corrected chi connectivity index (χ2v) is 4.99. The number of ether oxygens (including phenoxy) is 1. The van der Waals surface area contributed by atoms with Crippen LogP contribution in [-0.4, -0.2) is 30.6 Å². The minimum atomic E-state index is 0.273. The molecule has 2 atom stereocenters. The molecule has 17 heavy (non-hydrogen) atoms. The van der Waals surface area contributed by atoms with Crippen molar-refractivity contribution >= 4 is 0 Å². The summed E-state index contributed by atoms with van der Waals surface area (Å²) in [6, 6.07) is 7.25. The molecule has 0 spiro atoms. The Morgan fingerprint density at radius 1 is 1.47 bits per heavy atom. The van der Waals surface area contributed by atoms with E-state index in [-0.39, 0.29) is 6.04 Å². The van der Waals surface area contributed by atoms with Gasteiger partial charge in [0.25, 0.3) is 0 Å². The highest BCUT2D eigenvalue weighted by molar-refractivity contribution is 5.41. The van der Waals surface area contributed by atoms with E-state index >= 15 is 0 Å². The average molecular weight is 232 g/mol. The molecule has 0 aromatic heterocycles. The van der Waals surface area contributed by atoms with E-state index < -0.39 is 0 Å². The molecular formula is C14H20N2O. The zero-order valence-corrected chi connectivity index (χ0v) is 10.4. The normalized spacial score (nSPS) is 28.1. The molecule has 1 fully saturated rings. The van der Waals surface area contributed by atoms with Gasteiger partial charge >= 0.3 is 0 Å². The summed E-state index contributed by atoms with van der Waals surface area (Å²) in [6.07, 6.45) is 2.14. The molecule has 1 aromatic rings. The van der Waals surface area contributed by atoms with Crippen LogP contribution in [0.4, 0.5) is 0 Å². The Kier molecular flexibility index (Phi) is 2.81. The largest absolute Gasteiger partial charge is 0.493 e. The molecular weight excluding hydrogens is 212 g/mol. The van der Waals surface area contributed by atoms with Gasteiger partial charge in [-0.1, -0.05) is 19.1 Å². The van der Waals surface area contributed by atoms with Gasteiger partial charge in [0.05, 0.1) is 6.61 Å². The quantitative estimate of drug-likeness (QED) is 0.843. The molecule has 3 rings (SSSR count). The third-order valence-electron chi connectivity index (χ3n) is 4.01. The SMILES string of the molecule is CCN1CCC(N)C1c1ccc2c(c1)CCO2. The summed E-state index contributed by atoms with van der Waals surface area (Å²) in [4.78, 5) is 2.47.